The summed E-state index contributed by atoms with van der Waals surface area (Å²) in [5.74, 6) is -4.67. The second-order valence-electron chi connectivity index (χ2n) is 6.28. The molecule has 0 aromatic heterocycles. The Balaban J connectivity index is 1.72. The van der Waals surface area contributed by atoms with Crippen molar-refractivity contribution in [2.45, 2.75) is 64.0 Å². The van der Waals surface area contributed by atoms with Crippen molar-refractivity contribution in [1.82, 2.24) is 5.32 Å². The van der Waals surface area contributed by atoms with Crippen LogP contribution in [-0.4, -0.2) is 30.6 Å². The molecular formula is C13H21F2NO2. The van der Waals surface area contributed by atoms with Crippen molar-refractivity contribution in [2.24, 2.45) is 5.41 Å². The number of nitrogens with one attached hydrogen (secondary N) is 1. The third-order valence-electron chi connectivity index (χ3n) is 4.03. The summed E-state index contributed by atoms with van der Waals surface area (Å²) in [5, 5.41) is 3.25. The first-order valence-electron chi connectivity index (χ1n) is 6.61. The zero-order valence-corrected chi connectivity index (χ0v) is 11.0. The number of cyclic esters (lactones) is 1. The molecule has 1 saturated heterocycles. The van der Waals surface area contributed by atoms with E-state index in [9.17, 15) is 13.6 Å². The SMILES string of the molecule is CC1(C)CCC(NCC2CC(F)(F)C(=O)O2)CC1. The quantitative estimate of drug-likeness (QED) is 0.793. The van der Waals surface area contributed by atoms with E-state index in [1.807, 2.05) is 0 Å². The first kappa shape index (κ1) is 13.7. The maximum atomic E-state index is 13.0. The van der Waals surface area contributed by atoms with Crippen LogP contribution in [0.1, 0.15) is 46.0 Å². The highest BCUT2D eigenvalue weighted by molar-refractivity contribution is 5.79. The van der Waals surface area contributed by atoms with Crippen LogP contribution in [0.25, 0.3) is 0 Å². The molecule has 1 aliphatic heterocycles. The van der Waals surface area contributed by atoms with Gasteiger partial charge in [0.15, 0.2) is 0 Å². The monoisotopic (exact) mass is 261 g/mol. The summed E-state index contributed by atoms with van der Waals surface area (Å²) in [7, 11) is 0. The van der Waals surface area contributed by atoms with Crippen LogP contribution in [0.2, 0.25) is 0 Å². The number of carbonyl (C=O) groups is 1. The molecule has 5 heteroatoms. The molecule has 0 spiro atoms. The minimum Gasteiger partial charge on any atom is -0.456 e. The van der Waals surface area contributed by atoms with E-state index in [2.05, 4.69) is 23.9 Å². The number of halogens is 2. The van der Waals surface area contributed by atoms with Gasteiger partial charge in [-0.2, -0.15) is 8.78 Å². The Morgan fingerprint density at radius 2 is 1.94 bits per heavy atom. The van der Waals surface area contributed by atoms with Gasteiger partial charge in [0.1, 0.15) is 6.10 Å². The summed E-state index contributed by atoms with van der Waals surface area (Å²) in [6.07, 6.45) is 3.24. The maximum absolute atomic E-state index is 13.0. The standard InChI is InChI=1S/C13H21F2NO2/c1-12(2)5-3-9(4-6-12)16-8-10-7-13(14,15)11(17)18-10/h9-10,16H,3-8H2,1-2H3. The van der Waals surface area contributed by atoms with Crippen molar-refractivity contribution >= 4 is 5.97 Å². The van der Waals surface area contributed by atoms with Crippen LogP contribution in [0.3, 0.4) is 0 Å². The predicted octanol–water partition coefficient (Wildman–Crippen LogP) is 2.50. The van der Waals surface area contributed by atoms with E-state index in [0.29, 0.717) is 18.0 Å². The smallest absolute Gasteiger partial charge is 0.377 e. The van der Waals surface area contributed by atoms with Gasteiger partial charge in [-0.3, -0.25) is 0 Å². The molecule has 1 unspecified atom stereocenters. The number of carbonyl (C=O) groups excluding carboxylic acids is 1. The number of rotatable bonds is 3. The van der Waals surface area contributed by atoms with Gasteiger partial charge in [0.05, 0.1) is 6.42 Å². The van der Waals surface area contributed by atoms with Crippen molar-refractivity contribution in [3.05, 3.63) is 0 Å². The Morgan fingerprint density at radius 3 is 2.44 bits per heavy atom. The van der Waals surface area contributed by atoms with Gasteiger partial charge in [-0.05, 0) is 31.1 Å². The average molecular weight is 261 g/mol. The number of esters is 1. The summed E-state index contributed by atoms with van der Waals surface area (Å²) < 4.78 is 30.6. The molecule has 0 aromatic rings. The minimum atomic E-state index is -3.29. The second-order valence-corrected chi connectivity index (χ2v) is 6.28. The van der Waals surface area contributed by atoms with Crippen LogP contribution in [0, 0.1) is 5.41 Å². The van der Waals surface area contributed by atoms with E-state index in [1.54, 1.807) is 0 Å². The van der Waals surface area contributed by atoms with Crippen molar-refractivity contribution in [3.63, 3.8) is 0 Å². The molecule has 1 heterocycles. The van der Waals surface area contributed by atoms with E-state index in [1.165, 1.54) is 0 Å². The summed E-state index contributed by atoms with van der Waals surface area (Å²) in [6.45, 7) is 4.84. The summed E-state index contributed by atoms with van der Waals surface area (Å²) >= 11 is 0. The largest absolute Gasteiger partial charge is 0.456 e. The molecule has 104 valence electrons. The average Bonchev–Trinajstić information content (AvgIpc) is 2.51. The Labute approximate surface area is 106 Å². The molecular weight excluding hydrogens is 240 g/mol. The zero-order chi connectivity index (χ0) is 13.4. The van der Waals surface area contributed by atoms with Crippen molar-refractivity contribution in [2.75, 3.05) is 6.54 Å². The third kappa shape index (κ3) is 3.19. The molecule has 0 bridgehead atoms. The Kier molecular flexibility index (Phi) is 3.63. The number of hydrogen-bond acceptors (Lipinski definition) is 3. The molecule has 0 amide bonds. The predicted molar refractivity (Wildman–Crippen MR) is 63.5 cm³/mol. The van der Waals surface area contributed by atoms with Gasteiger partial charge < -0.3 is 10.1 Å². The topological polar surface area (TPSA) is 38.3 Å². The molecule has 3 nitrogen and oxygen atoms in total. The van der Waals surface area contributed by atoms with Crippen LogP contribution < -0.4 is 5.32 Å². The summed E-state index contributed by atoms with van der Waals surface area (Å²) in [6, 6.07) is 0.367. The fourth-order valence-electron chi connectivity index (χ4n) is 2.66. The van der Waals surface area contributed by atoms with Gasteiger partial charge in [-0.25, -0.2) is 4.79 Å². The van der Waals surface area contributed by atoms with Crippen LogP contribution >= 0.6 is 0 Å². The van der Waals surface area contributed by atoms with Crippen LogP contribution in [-0.2, 0) is 9.53 Å². The first-order valence-corrected chi connectivity index (χ1v) is 6.61. The fraction of sp³-hybridized carbons (Fsp3) is 0.923. The molecule has 0 aromatic carbocycles. The van der Waals surface area contributed by atoms with Crippen LogP contribution in [0.15, 0.2) is 0 Å². The third-order valence-corrected chi connectivity index (χ3v) is 4.03. The van der Waals surface area contributed by atoms with E-state index >= 15 is 0 Å². The molecule has 2 aliphatic rings. The number of alkyl halides is 2. The molecule has 2 rings (SSSR count). The van der Waals surface area contributed by atoms with Crippen molar-refractivity contribution < 1.29 is 18.3 Å². The Bertz CT molecular complexity index is 321. The van der Waals surface area contributed by atoms with Gasteiger partial charge >= 0.3 is 11.9 Å². The second kappa shape index (κ2) is 4.76. The van der Waals surface area contributed by atoms with Gasteiger partial charge in [0.2, 0.25) is 0 Å². The van der Waals surface area contributed by atoms with E-state index < -0.39 is 24.4 Å². The minimum absolute atomic E-state index is 0.340. The van der Waals surface area contributed by atoms with Gasteiger partial charge in [0, 0.05) is 12.6 Å². The van der Waals surface area contributed by atoms with Crippen molar-refractivity contribution in [1.29, 1.82) is 0 Å². The lowest BCUT2D eigenvalue weighted by Gasteiger charge is -2.35. The summed E-state index contributed by atoms with van der Waals surface area (Å²) in [4.78, 5) is 10.8. The number of ether oxygens (including phenoxy) is 1. The van der Waals surface area contributed by atoms with Gasteiger partial charge in [-0.15, -0.1) is 0 Å². The molecule has 1 saturated carbocycles. The van der Waals surface area contributed by atoms with Crippen LogP contribution in [0.4, 0.5) is 8.78 Å². The van der Waals surface area contributed by atoms with E-state index in [4.69, 9.17) is 0 Å². The molecule has 0 radical (unpaired) electrons. The highest BCUT2D eigenvalue weighted by atomic mass is 19.3. The number of hydrogen-bond donors (Lipinski definition) is 1. The van der Waals surface area contributed by atoms with E-state index in [0.717, 1.165) is 25.7 Å². The zero-order valence-electron chi connectivity index (χ0n) is 11.0. The normalized spacial score (nSPS) is 31.3. The summed E-state index contributed by atoms with van der Waals surface area (Å²) in [5.41, 5.74) is 0.394. The lowest BCUT2D eigenvalue weighted by atomic mass is 9.75. The Morgan fingerprint density at radius 1 is 1.33 bits per heavy atom. The molecule has 18 heavy (non-hydrogen) atoms. The van der Waals surface area contributed by atoms with Gasteiger partial charge in [-0.1, -0.05) is 13.8 Å². The highest BCUT2D eigenvalue weighted by Crippen LogP contribution is 2.35. The van der Waals surface area contributed by atoms with E-state index in [-0.39, 0.29) is 0 Å². The maximum Gasteiger partial charge on any atom is 0.377 e. The van der Waals surface area contributed by atoms with Crippen LogP contribution in [0.5, 0.6) is 0 Å². The lowest BCUT2D eigenvalue weighted by molar-refractivity contribution is -0.159. The first-order chi connectivity index (χ1) is 8.28. The fourth-order valence-corrected chi connectivity index (χ4v) is 2.66. The molecule has 1 aliphatic carbocycles. The molecule has 2 fully saturated rings. The molecule has 1 N–H and O–H groups in total. The molecule has 1 atom stereocenters. The highest BCUT2D eigenvalue weighted by Gasteiger charge is 2.50. The van der Waals surface area contributed by atoms with Gasteiger partial charge in [0.25, 0.3) is 0 Å². The Hall–Kier alpha value is -0.710. The van der Waals surface area contributed by atoms with Crippen molar-refractivity contribution in [3.8, 4) is 0 Å². The lowest BCUT2D eigenvalue weighted by Crippen LogP contribution is -2.39.